The third-order valence-corrected chi connectivity index (χ3v) is 7.70. The monoisotopic (exact) mass is 504 g/mol. The van der Waals surface area contributed by atoms with Crippen LogP contribution in [0.15, 0.2) is 66.0 Å². The van der Waals surface area contributed by atoms with Gasteiger partial charge in [0.15, 0.2) is 0 Å². The molecule has 0 fully saturated rings. The fourth-order valence-corrected chi connectivity index (χ4v) is 5.19. The van der Waals surface area contributed by atoms with Gasteiger partial charge in [0.25, 0.3) is 5.91 Å². The van der Waals surface area contributed by atoms with Gasteiger partial charge in [-0.3, -0.25) is 19.2 Å². The predicted molar refractivity (Wildman–Crippen MR) is 140 cm³/mol. The molecule has 6 nitrogen and oxygen atoms in total. The van der Waals surface area contributed by atoms with Gasteiger partial charge in [-0.2, -0.15) is 5.10 Å². The number of thiophene rings is 1. The Balaban J connectivity index is 1.54. The lowest BCUT2D eigenvalue weighted by Gasteiger charge is -2.43. The summed E-state index contributed by atoms with van der Waals surface area (Å²) >= 11 is 7.98. The molecule has 0 spiro atoms. The lowest BCUT2D eigenvalue weighted by molar-refractivity contribution is -0.126. The van der Waals surface area contributed by atoms with Gasteiger partial charge in [0.05, 0.1) is 11.4 Å². The van der Waals surface area contributed by atoms with E-state index >= 15 is 0 Å². The molecule has 2 amide bonds. The Hall–Kier alpha value is -3.42. The number of nitrogens with zero attached hydrogens (tertiary/aromatic N) is 3. The summed E-state index contributed by atoms with van der Waals surface area (Å²) in [5, 5.41) is 10.2. The molecule has 0 bridgehead atoms. The highest BCUT2D eigenvalue weighted by molar-refractivity contribution is 7.13. The van der Waals surface area contributed by atoms with Crippen molar-refractivity contribution in [1.29, 1.82) is 0 Å². The van der Waals surface area contributed by atoms with Crippen molar-refractivity contribution < 1.29 is 9.59 Å². The van der Waals surface area contributed by atoms with E-state index in [1.54, 1.807) is 40.0 Å². The zero-order valence-electron chi connectivity index (χ0n) is 19.7. The fourth-order valence-electron chi connectivity index (χ4n) is 4.33. The summed E-state index contributed by atoms with van der Waals surface area (Å²) in [4.78, 5) is 30.1. The van der Waals surface area contributed by atoms with Crippen LogP contribution in [0.2, 0.25) is 5.02 Å². The second-order valence-corrected chi connectivity index (χ2v) is 10.4. The minimum Gasteiger partial charge on any atom is -0.350 e. The van der Waals surface area contributed by atoms with Crippen LogP contribution in [0.5, 0.6) is 0 Å². The van der Waals surface area contributed by atoms with Crippen LogP contribution >= 0.6 is 22.9 Å². The Kier molecular flexibility index (Phi) is 5.99. The standard InChI is InChI=1S/C27H25ClN4O2S/c1-17-6-9-19(10-7-17)15-29-26(34)27(3)16-31-23(14-22(30-31)24-5-4-12-35-24)25(33)32(27)20-11-8-18(2)21(28)13-20/h4-14H,15-16H2,1-3H3,(H,29,34). The first-order chi connectivity index (χ1) is 16.8. The maximum Gasteiger partial charge on any atom is 0.277 e. The van der Waals surface area contributed by atoms with E-state index in [2.05, 4.69) is 10.4 Å². The number of hydrogen-bond donors (Lipinski definition) is 1. The van der Waals surface area contributed by atoms with Crippen LogP contribution in [-0.4, -0.2) is 27.1 Å². The number of aromatic nitrogens is 2. The number of aryl methyl sites for hydroxylation is 2. The summed E-state index contributed by atoms with van der Waals surface area (Å²) in [6, 6.07) is 19.1. The minimum absolute atomic E-state index is 0.213. The zero-order chi connectivity index (χ0) is 24.7. The number of rotatable bonds is 5. The van der Waals surface area contributed by atoms with Crippen LogP contribution in [0, 0.1) is 13.8 Å². The normalized spacial score (nSPS) is 17.4. The number of amides is 2. The first-order valence-electron chi connectivity index (χ1n) is 11.3. The van der Waals surface area contributed by atoms with Crippen molar-refractivity contribution in [3.63, 3.8) is 0 Å². The maximum absolute atomic E-state index is 13.9. The van der Waals surface area contributed by atoms with Gasteiger partial charge in [-0.15, -0.1) is 11.3 Å². The SMILES string of the molecule is Cc1ccc(CNC(=O)C2(C)Cn3nc(-c4cccs4)cc3C(=O)N2c2ccc(C)c(Cl)c2)cc1. The number of benzene rings is 2. The van der Waals surface area contributed by atoms with Crippen LogP contribution in [0.1, 0.15) is 34.1 Å². The highest BCUT2D eigenvalue weighted by atomic mass is 35.5. The van der Waals surface area contributed by atoms with Gasteiger partial charge in [-0.1, -0.05) is 53.6 Å². The molecular formula is C27H25ClN4O2S. The van der Waals surface area contributed by atoms with E-state index in [4.69, 9.17) is 11.6 Å². The molecule has 4 aromatic rings. The van der Waals surface area contributed by atoms with E-state index < -0.39 is 5.54 Å². The largest absolute Gasteiger partial charge is 0.350 e. The smallest absolute Gasteiger partial charge is 0.277 e. The molecule has 0 radical (unpaired) electrons. The molecule has 0 saturated heterocycles. The number of halogens is 1. The molecule has 5 rings (SSSR count). The lowest BCUT2D eigenvalue weighted by Crippen LogP contribution is -2.64. The van der Waals surface area contributed by atoms with Crippen LogP contribution in [0.25, 0.3) is 10.6 Å². The van der Waals surface area contributed by atoms with E-state index in [1.165, 1.54) is 0 Å². The molecular weight excluding hydrogens is 480 g/mol. The van der Waals surface area contributed by atoms with Crippen LogP contribution in [0.3, 0.4) is 0 Å². The molecule has 0 aliphatic carbocycles. The maximum atomic E-state index is 13.9. The van der Waals surface area contributed by atoms with E-state index in [0.29, 0.717) is 22.9 Å². The van der Waals surface area contributed by atoms with Gasteiger partial charge in [0.2, 0.25) is 5.91 Å². The van der Waals surface area contributed by atoms with Crippen molar-refractivity contribution in [3.8, 4) is 10.6 Å². The van der Waals surface area contributed by atoms with E-state index in [1.807, 2.05) is 67.8 Å². The van der Waals surface area contributed by atoms with Gasteiger partial charge >= 0.3 is 0 Å². The Morgan fingerprint density at radius 2 is 1.91 bits per heavy atom. The topological polar surface area (TPSA) is 67.2 Å². The number of anilines is 1. The molecule has 3 heterocycles. The molecule has 1 N–H and O–H groups in total. The molecule has 178 valence electrons. The second-order valence-electron chi connectivity index (χ2n) is 9.07. The quantitative estimate of drug-likeness (QED) is 0.383. The second kappa shape index (κ2) is 8.98. The summed E-state index contributed by atoms with van der Waals surface area (Å²) < 4.78 is 1.65. The van der Waals surface area contributed by atoms with Gasteiger partial charge < -0.3 is 5.32 Å². The Morgan fingerprint density at radius 1 is 1.14 bits per heavy atom. The number of carbonyl (C=O) groups excluding carboxylic acids is 2. The molecule has 1 unspecified atom stereocenters. The molecule has 8 heteroatoms. The van der Waals surface area contributed by atoms with E-state index in [-0.39, 0.29) is 18.4 Å². The van der Waals surface area contributed by atoms with Crippen molar-refractivity contribution in [2.24, 2.45) is 0 Å². The van der Waals surface area contributed by atoms with Crippen molar-refractivity contribution in [1.82, 2.24) is 15.1 Å². The van der Waals surface area contributed by atoms with Crippen LogP contribution in [-0.2, 0) is 17.9 Å². The fraction of sp³-hybridized carbons (Fsp3) is 0.222. The lowest BCUT2D eigenvalue weighted by atomic mass is 9.93. The molecule has 2 aromatic heterocycles. The van der Waals surface area contributed by atoms with Gasteiger partial charge in [0.1, 0.15) is 16.9 Å². The minimum atomic E-state index is -1.22. The van der Waals surface area contributed by atoms with Gasteiger partial charge in [-0.25, -0.2) is 0 Å². The molecule has 0 saturated carbocycles. The molecule has 1 atom stereocenters. The van der Waals surface area contributed by atoms with Gasteiger partial charge in [-0.05, 0) is 61.5 Å². The van der Waals surface area contributed by atoms with Crippen molar-refractivity contribution >= 4 is 40.4 Å². The highest BCUT2D eigenvalue weighted by Crippen LogP contribution is 2.36. The van der Waals surface area contributed by atoms with Crippen molar-refractivity contribution in [2.45, 2.75) is 39.4 Å². The number of fused-ring (bicyclic) bond motifs is 1. The first-order valence-corrected chi connectivity index (χ1v) is 12.6. The van der Waals surface area contributed by atoms with E-state index in [0.717, 1.165) is 27.3 Å². The third kappa shape index (κ3) is 4.26. The number of nitrogens with one attached hydrogen (secondary N) is 1. The van der Waals surface area contributed by atoms with Crippen molar-refractivity contribution in [2.75, 3.05) is 4.90 Å². The predicted octanol–water partition coefficient (Wildman–Crippen LogP) is 5.62. The Labute approximate surface area is 213 Å². The van der Waals surface area contributed by atoms with Crippen LogP contribution in [0.4, 0.5) is 5.69 Å². The summed E-state index contributed by atoms with van der Waals surface area (Å²) in [6.45, 7) is 6.27. The molecule has 1 aliphatic rings. The average molecular weight is 505 g/mol. The number of hydrogen-bond acceptors (Lipinski definition) is 4. The summed E-state index contributed by atoms with van der Waals surface area (Å²) in [5.41, 5.74) is 3.55. The van der Waals surface area contributed by atoms with Gasteiger partial charge in [0, 0.05) is 17.3 Å². The summed E-state index contributed by atoms with van der Waals surface area (Å²) in [5.74, 6) is -0.554. The summed E-state index contributed by atoms with van der Waals surface area (Å²) in [6.07, 6.45) is 0. The zero-order valence-corrected chi connectivity index (χ0v) is 21.3. The summed E-state index contributed by atoms with van der Waals surface area (Å²) in [7, 11) is 0. The Bertz CT molecular complexity index is 1410. The highest BCUT2D eigenvalue weighted by Gasteiger charge is 2.49. The average Bonchev–Trinajstić information content (AvgIpc) is 3.51. The molecule has 1 aliphatic heterocycles. The molecule has 2 aromatic carbocycles. The first kappa shape index (κ1) is 23.3. The van der Waals surface area contributed by atoms with E-state index in [9.17, 15) is 9.59 Å². The Morgan fingerprint density at radius 3 is 2.60 bits per heavy atom. The van der Waals surface area contributed by atoms with Crippen LogP contribution < -0.4 is 10.2 Å². The number of carbonyl (C=O) groups is 2. The molecule has 35 heavy (non-hydrogen) atoms. The van der Waals surface area contributed by atoms with Crippen molar-refractivity contribution in [3.05, 3.63) is 93.5 Å². The third-order valence-electron chi connectivity index (χ3n) is 6.40.